The molecule has 1 atom stereocenters. The van der Waals surface area contributed by atoms with E-state index in [1.54, 1.807) is 18.2 Å². The maximum atomic E-state index is 5.80. The molecule has 1 aromatic rings. The average molecular weight is 214 g/mol. The first-order chi connectivity index (χ1) is 6.13. The van der Waals surface area contributed by atoms with Crippen LogP contribution in [0.5, 0.6) is 0 Å². The van der Waals surface area contributed by atoms with E-state index < -0.39 is 0 Å². The average Bonchev–Trinajstić information content (AvgIpc) is 2.03. The fourth-order valence-corrected chi connectivity index (χ4v) is 1.58. The molecule has 0 aliphatic heterocycles. The van der Waals surface area contributed by atoms with Gasteiger partial charge in [-0.3, -0.25) is 0 Å². The molecule has 13 heavy (non-hydrogen) atoms. The van der Waals surface area contributed by atoms with E-state index in [2.05, 4.69) is 5.92 Å². The lowest BCUT2D eigenvalue weighted by atomic mass is 10.1. The Balaban J connectivity index is 2.95. The Bertz CT molecular complexity index is 321. The Morgan fingerprint density at radius 1 is 1.31 bits per heavy atom. The van der Waals surface area contributed by atoms with Gasteiger partial charge < -0.3 is 5.73 Å². The zero-order valence-corrected chi connectivity index (χ0v) is 8.44. The number of terminal acetylenes is 1. The van der Waals surface area contributed by atoms with Gasteiger partial charge in [-0.15, -0.1) is 12.3 Å². The zero-order chi connectivity index (χ0) is 9.84. The minimum atomic E-state index is -0.193. The normalized spacial score (nSPS) is 12.2. The van der Waals surface area contributed by atoms with Gasteiger partial charge in [-0.25, -0.2) is 0 Å². The molecule has 0 saturated heterocycles. The number of hydrogen-bond donors (Lipinski definition) is 1. The maximum Gasteiger partial charge on any atom is 0.0424 e. The molecule has 0 fully saturated rings. The minimum absolute atomic E-state index is 0.193. The third-order valence-corrected chi connectivity index (χ3v) is 2.09. The van der Waals surface area contributed by atoms with Crippen LogP contribution in [0.2, 0.25) is 10.0 Å². The monoisotopic (exact) mass is 213 g/mol. The smallest absolute Gasteiger partial charge is 0.0424 e. The zero-order valence-electron chi connectivity index (χ0n) is 6.93. The van der Waals surface area contributed by atoms with Gasteiger partial charge >= 0.3 is 0 Å². The highest BCUT2D eigenvalue weighted by atomic mass is 35.5. The summed E-state index contributed by atoms with van der Waals surface area (Å²) < 4.78 is 0. The summed E-state index contributed by atoms with van der Waals surface area (Å²) >= 11 is 11.6. The van der Waals surface area contributed by atoms with Crippen molar-refractivity contribution in [2.24, 2.45) is 5.73 Å². The molecule has 0 spiro atoms. The molecule has 1 rings (SSSR count). The molecule has 0 radical (unpaired) electrons. The van der Waals surface area contributed by atoms with Crippen molar-refractivity contribution in [1.82, 2.24) is 0 Å². The van der Waals surface area contributed by atoms with Crippen molar-refractivity contribution in [1.29, 1.82) is 0 Å². The van der Waals surface area contributed by atoms with Gasteiger partial charge in [0.25, 0.3) is 0 Å². The first-order valence-electron chi connectivity index (χ1n) is 3.78. The van der Waals surface area contributed by atoms with Crippen LogP contribution in [0.25, 0.3) is 0 Å². The molecule has 0 heterocycles. The molecule has 0 aliphatic rings. The lowest BCUT2D eigenvalue weighted by Crippen LogP contribution is -2.08. The van der Waals surface area contributed by atoms with Crippen LogP contribution >= 0.6 is 23.2 Å². The molecule has 0 saturated carbocycles. The summed E-state index contributed by atoms with van der Waals surface area (Å²) in [5.74, 6) is 2.49. The summed E-state index contributed by atoms with van der Waals surface area (Å²) in [4.78, 5) is 0. The van der Waals surface area contributed by atoms with Gasteiger partial charge in [0.1, 0.15) is 0 Å². The van der Waals surface area contributed by atoms with Gasteiger partial charge in [0.05, 0.1) is 0 Å². The molecule has 0 aromatic heterocycles. The Hall–Kier alpha value is -0.680. The topological polar surface area (TPSA) is 26.0 Å². The van der Waals surface area contributed by atoms with Gasteiger partial charge in [-0.2, -0.15) is 0 Å². The second-order valence-corrected chi connectivity index (χ2v) is 3.59. The van der Waals surface area contributed by atoms with Crippen LogP contribution in [0.4, 0.5) is 0 Å². The Morgan fingerprint density at radius 2 is 1.85 bits per heavy atom. The molecular formula is C10H9Cl2N. The van der Waals surface area contributed by atoms with E-state index in [-0.39, 0.29) is 6.04 Å². The Morgan fingerprint density at radius 3 is 2.31 bits per heavy atom. The number of hydrogen-bond acceptors (Lipinski definition) is 1. The molecule has 1 unspecified atom stereocenters. The van der Waals surface area contributed by atoms with E-state index in [4.69, 9.17) is 35.4 Å². The standard InChI is InChI=1S/C10H9Cl2N/c1-2-3-10(13)7-4-8(11)6-9(12)5-7/h1,4-6,10H,3,13H2. The van der Waals surface area contributed by atoms with Gasteiger partial charge in [0.15, 0.2) is 0 Å². The largest absolute Gasteiger partial charge is 0.323 e. The lowest BCUT2D eigenvalue weighted by molar-refractivity contribution is 0.755. The first-order valence-corrected chi connectivity index (χ1v) is 4.54. The highest BCUT2D eigenvalue weighted by Gasteiger charge is 2.05. The van der Waals surface area contributed by atoms with Gasteiger partial charge in [-0.1, -0.05) is 23.2 Å². The van der Waals surface area contributed by atoms with Crippen molar-refractivity contribution in [3.05, 3.63) is 33.8 Å². The summed E-state index contributed by atoms with van der Waals surface area (Å²) in [7, 11) is 0. The van der Waals surface area contributed by atoms with Crippen molar-refractivity contribution < 1.29 is 0 Å². The molecular weight excluding hydrogens is 205 g/mol. The summed E-state index contributed by atoms with van der Waals surface area (Å²) in [5, 5.41) is 1.16. The second kappa shape index (κ2) is 4.53. The molecule has 2 N–H and O–H groups in total. The number of halogens is 2. The Kier molecular flexibility index (Phi) is 3.62. The molecule has 68 valence electrons. The minimum Gasteiger partial charge on any atom is -0.323 e. The van der Waals surface area contributed by atoms with E-state index >= 15 is 0 Å². The second-order valence-electron chi connectivity index (χ2n) is 2.72. The van der Waals surface area contributed by atoms with Crippen molar-refractivity contribution >= 4 is 23.2 Å². The van der Waals surface area contributed by atoms with E-state index in [9.17, 15) is 0 Å². The van der Waals surface area contributed by atoms with E-state index in [1.165, 1.54) is 0 Å². The van der Waals surface area contributed by atoms with Crippen molar-refractivity contribution in [2.75, 3.05) is 0 Å². The fourth-order valence-electron chi connectivity index (χ4n) is 1.03. The third kappa shape index (κ3) is 2.93. The summed E-state index contributed by atoms with van der Waals surface area (Å²) in [6.45, 7) is 0. The van der Waals surface area contributed by atoms with Gasteiger partial charge in [0.2, 0.25) is 0 Å². The van der Waals surface area contributed by atoms with Crippen molar-refractivity contribution in [3.8, 4) is 12.3 Å². The van der Waals surface area contributed by atoms with E-state index in [0.29, 0.717) is 16.5 Å². The van der Waals surface area contributed by atoms with Crippen LogP contribution < -0.4 is 5.73 Å². The lowest BCUT2D eigenvalue weighted by Gasteiger charge is -2.09. The first kappa shape index (κ1) is 10.4. The molecule has 1 aromatic carbocycles. The molecule has 0 bridgehead atoms. The third-order valence-electron chi connectivity index (χ3n) is 1.65. The molecule has 1 nitrogen and oxygen atoms in total. The Labute approximate surface area is 87.8 Å². The van der Waals surface area contributed by atoms with Gasteiger partial charge in [-0.05, 0) is 23.8 Å². The SMILES string of the molecule is C#CCC(N)c1cc(Cl)cc(Cl)c1. The van der Waals surface area contributed by atoms with Crippen LogP contribution in [-0.2, 0) is 0 Å². The fraction of sp³-hybridized carbons (Fsp3) is 0.200. The van der Waals surface area contributed by atoms with Crippen LogP contribution in [0.3, 0.4) is 0 Å². The number of rotatable bonds is 2. The van der Waals surface area contributed by atoms with Crippen LogP contribution in [0.15, 0.2) is 18.2 Å². The molecule has 3 heteroatoms. The molecule has 0 amide bonds. The number of benzene rings is 1. The van der Waals surface area contributed by atoms with Crippen LogP contribution in [0, 0.1) is 12.3 Å². The summed E-state index contributed by atoms with van der Waals surface area (Å²) in [6.07, 6.45) is 5.63. The van der Waals surface area contributed by atoms with Crippen molar-refractivity contribution in [2.45, 2.75) is 12.5 Å². The highest BCUT2D eigenvalue weighted by molar-refractivity contribution is 6.34. The summed E-state index contributed by atoms with van der Waals surface area (Å²) in [6, 6.07) is 5.02. The highest BCUT2D eigenvalue weighted by Crippen LogP contribution is 2.23. The number of nitrogens with two attached hydrogens (primary N) is 1. The quantitative estimate of drug-likeness (QED) is 0.752. The van der Waals surface area contributed by atoms with E-state index in [1.807, 2.05) is 0 Å². The predicted molar refractivity (Wildman–Crippen MR) is 56.8 cm³/mol. The van der Waals surface area contributed by atoms with Crippen molar-refractivity contribution in [3.63, 3.8) is 0 Å². The van der Waals surface area contributed by atoms with Crippen LogP contribution in [0.1, 0.15) is 18.0 Å². The van der Waals surface area contributed by atoms with Crippen LogP contribution in [-0.4, -0.2) is 0 Å². The van der Waals surface area contributed by atoms with E-state index in [0.717, 1.165) is 5.56 Å². The van der Waals surface area contributed by atoms with Gasteiger partial charge in [0, 0.05) is 22.5 Å². The molecule has 0 aliphatic carbocycles. The maximum absolute atomic E-state index is 5.80. The predicted octanol–water partition coefficient (Wildman–Crippen LogP) is 3.02. The summed E-state index contributed by atoms with van der Waals surface area (Å²) in [5.41, 5.74) is 6.65.